The fraction of sp³-hybridized carbons (Fsp3) is 0.294. The number of aryl methyl sites for hydroxylation is 2. The Labute approximate surface area is 146 Å². The van der Waals surface area contributed by atoms with Crippen LogP contribution in [0.15, 0.2) is 41.3 Å². The van der Waals surface area contributed by atoms with Gasteiger partial charge in [0.1, 0.15) is 0 Å². The van der Waals surface area contributed by atoms with Crippen LogP contribution in [0, 0.1) is 24.0 Å². The van der Waals surface area contributed by atoms with Gasteiger partial charge in [0.15, 0.2) is 4.90 Å². The van der Waals surface area contributed by atoms with E-state index in [1.165, 1.54) is 16.4 Å². The fourth-order valence-electron chi connectivity index (χ4n) is 3.06. The minimum atomic E-state index is -4.11. The molecule has 0 aromatic heterocycles. The van der Waals surface area contributed by atoms with Crippen LogP contribution in [0.4, 0.5) is 11.4 Å². The molecule has 0 fully saturated rings. The quantitative estimate of drug-likeness (QED) is 0.667. The Morgan fingerprint density at radius 3 is 2.52 bits per heavy atom. The lowest BCUT2D eigenvalue weighted by Crippen LogP contribution is -2.46. The van der Waals surface area contributed by atoms with Crippen molar-refractivity contribution in [3.05, 3.63) is 63.2 Å². The second-order valence-electron chi connectivity index (χ2n) is 6.29. The molecule has 0 aliphatic carbocycles. The summed E-state index contributed by atoms with van der Waals surface area (Å²) in [5.41, 5.74) is 8.30. The monoisotopic (exact) mass is 361 g/mol. The minimum Gasteiger partial charge on any atom is -0.326 e. The van der Waals surface area contributed by atoms with Crippen LogP contribution in [0.3, 0.4) is 0 Å². The van der Waals surface area contributed by atoms with Gasteiger partial charge in [-0.1, -0.05) is 18.2 Å². The lowest BCUT2D eigenvalue weighted by atomic mass is 10.0. The molecule has 0 saturated carbocycles. The first-order valence-electron chi connectivity index (χ1n) is 7.83. The summed E-state index contributed by atoms with van der Waals surface area (Å²) >= 11 is 0. The molecule has 8 heteroatoms. The smallest absolute Gasteiger partial charge is 0.290 e. The number of nitro benzene ring substituents is 1. The van der Waals surface area contributed by atoms with Gasteiger partial charge in [0, 0.05) is 18.7 Å². The maximum absolute atomic E-state index is 13.3. The van der Waals surface area contributed by atoms with Crippen LogP contribution < -0.4 is 10.0 Å². The molecule has 0 amide bonds. The summed E-state index contributed by atoms with van der Waals surface area (Å²) in [7, 11) is -4.11. The van der Waals surface area contributed by atoms with Crippen LogP contribution in [-0.2, 0) is 16.4 Å². The van der Waals surface area contributed by atoms with E-state index in [1.807, 2.05) is 12.1 Å². The molecule has 0 spiro atoms. The van der Waals surface area contributed by atoms with Crippen LogP contribution in [0.2, 0.25) is 0 Å². The molecule has 132 valence electrons. The van der Waals surface area contributed by atoms with Crippen LogP contribution >= 0.6 is 0 Å². The number of sulfonamides is 1. The fourth-order valence-corrected chi connectivity index (χ4v) is 4.84. The summed E-state index contributed by atoms with van der Waals surface area (Å²) in [6, 6.07) is 9.39. The molecule has 1 aliphatic rings. The van der Waals surface area contributed by atoms with E-state index >= 15 is 0 Å². The number of anilines is 1. The van der Waals surface area contributed by atoms with Crippen molar-refractivity contribution in [1.82, 2.24) is 0 Å². The SMILES string of the molecule is Cc1cc([N+](=O)[O-])c(S(=O)(=O)N2CC(N)Cc3ccccc32)cc1C. The van der Waals surface area contributed by atoms with E-state index in [4.69, 9.17) is 5.73 Å². The molecule has 25 heavy (non-hydrogen) atoms. The van der Waals surface area contributed by atoms with Crippen molar-refractivity contribution in [3.63, 3.8) is 0 Å². The van der Waals surface area contributed by atoms with Crippen LogP contribution in [-0.4, -0.2) is 25.9 Å². The number of para-hydroxylation sites is 1. The summed E-state index contributed by atoms with van der Waals surface area (Å²) in [6.45, 7) is 3.53. The maximum atomic E-state index is 13.3. The molecule has 2 N–H and O–H groups in total. The van der Waals surface area contributed by atoms with E-state index < -0.39 is 20.6 Å². The predicted molar refractivity (Wildman–Crippen MR) is 95.2 cm³/mol. The molecule has 2 aromatic carbocycles. The third kappa shape index (κ3) is 2.98. The Morgan fingerprint density at radius 1 is 1.20 bits per heavy atom. The highest BCUT2D eigenvalue weighted by molar-refractivity contribution is 7.93. The van der Waals surface area contributed by atoms with Gasteiger partial charge in [0.05, 0.1) is 10.6 Å². The van der Waals surface area contributed by atoms with Crippen molar-refractivity contribution in [1.29, 1.82) is 0 Å². The largest absolute Gasteiger partial charge is 0.326 e. The molecule has 2 aromatic rings. The number of hydrogen-bond acceptors (Lipinski definition) is 5. The van der Waals surface area contributed by atoms with Crippen LogP contribution in [0.5, 0.6) is 0 Å². The topological polar surface area (TPSA) is 107 Å². The highest BCUT2D eigenvalue weighted by Gasteiger charge is 2.36. The third-order valence-electron chi connectivity index (χ3n) is 4.48. The number of nitrogens with two attached hydrogens (primary N) is 1. The molecule has 0 radical (unpaired) electrons. The standard InChI is InChI=1S/C17H19N3O4S/c1-11-7-16(20(21)22)17(8-12(11)2)25(23,24)19-10-14(18)9-13-5-3-4-6-15(13)19/h3-8,14H,9-10,18H2,1-2H3. The molecule has 0 saturated heterocycles. The van der Waals surface area contributed by atoms with Crippen molar-refractivity contribution in [3.8, 4) is 0 Å². The zero-order valence-corrected chi connectivity index (χ0v) is 14.8. The van der Waals surface area contributed by atoms with Crippen molar-refractivity contribution in [2.24, 2.45) is 5.73 Å². The second kappa shape index (κ2) is 6.12. The Morgan fingerprint density at radius 2 is 1.84 bits per heavy atom. The molecule has 1 heterocycles. The first-order chi connectivity index (χ1) is 11.7. The number of benzene rings is 2. The normalized spacial score (nSPS) is 17.2. The van der Waals surface area contributed by atoms with Gasteiger partial charge >= 0.3 is 0 Å². The highest BCUT2D eigenvalue weighted by atomic mass is 32.2. The number of hydrogen-bond donors (Lipinski definition) is 1. The van der Waals surface area contributed by atoms with Crippen LogP contribution in [0.1, 0.15) is 16.7 Å². The van der Waals surface area contributed by atoms with Crippen molar-refractivity contribution >= 4 is 21.4 Å². The van der Waals surface area contributed by atoms with E-state index in [0.717, 1.165) is 5.56 Å². The molecule has 1 atom stereocenters. The van der Waals surface area contributed by atoms with E-state index in [9.17, 15) is 18.5 Å². The number of fused-ring (bicyclic) bond motifs is 1. The van der Waals surface area contributed by atoms with Gasteiger partial charge in [-0.3, -0.25) is 14.4 Å². The molecule has 3 rings (SSSR count). The summed E-state index contributed by atoms with van der Waals surface area (Å²) in [6.07, 6.45) is 0.567. The van der Waals surface area contributed by atoms with Crippen LogP contribution in [0.25, 0.3) is 0 Å². The maximum Gasteiger partial charge on any atom is 0.290 e. The molecular formula is C17H19N3O4S. The van der Waals surface area contributed by atoms with E-state index in [0.29, 0.717) is 23.2 Å². The summed E-state index contributed by atoms with van der Waals surface area (Å²) in [4.78, 5) is 10.5. The average molecular weight is 361 g/mol. The minimum absolute atomic E-state index is 0.0867. The van der Waals surface area contributed by atoms with Gasteiger partial charge in [-0.15, -0.1) is 0 Å². The van der Waals surface area contributed by atoms with Gasteiger partial charge in [0.2, 0.25) is 0 Å². The van der Waals surface area contributed by atoms with Crippen molar-refractivity contribution < 1.29 is 13.3 Å². The van der Waals surface area contributed by atoms with Gasteiger partial charge in [0.25, 0.3) is 15.7 Å². The Balaban J connectivity index is 2.22. The average Bonchev–Trinajstić information content (AvgIpc) is 2.55. The van der Waals surface area contributed by atoms with Gasteiger partial charge < -0.3 is 5.73 Å². The van der Waals surface area contributed by atoms with Crippen molar-refractivity contribution in [2.45, 2.75) is 31.2 Å². The van der Waals surface area contributed by atoms with E-state index in [-0.39, 0.29) is 17.5 Å². The lowest BCUT2D eigenvalue weighted by Gasteiger charge is -2.33. The predicted octanol–water partition coefficient (Wildman–Crippen LogP) is 2.29. The van der Waals surface area contributed by atoms with Crippen molar-refractivity contribution in [2.75, 3.05) is 10.8 Å². The highest BCUT2D eigenvalue weighted by Crippen LogP contribution is 2.35. The second-order valence-corrected chi connectivity index (χ2v) is 8.12. The first-order valence-corrected chi connectivity index (χ1v) is 9.27. The molecule has 7 nitrogen and oxygen atoms in total. The van der Waals surface area contributed by atoms with E-state index in [1.54, 1.807) is 26.0 Å². The lowest BCUT2D eigenvalue weighted by molar-refractivity contribution is -0.387. The summed E-state index contributed by atoms with van der Waals surface area (Å²) in [5, 5.41) is 11.4. The Hall–Kier alpha value is -2.45. The zero-order valence-electron chi connectivity index (χ0n) is 14.0. The first kappa shape index (κ1) is 17.4. The molecule has 0 bridgehead atoms. The van der Waals surface area contributed by atoms with Gasteiger partial charge in [-0.05, 0) is 49.1 Å². The number of nitrogens with zero attached hydrogens (tertiary/aromatic N) is 2. The zero-order chi connectivity index (χ0) is 18.4. The summed E-state index contributed by atoms with van der Waals surface area (Å²) in [5.74, 6) is 0. The number of rotatable bonds is 3. The molecule has 1 unspecified atom stereocenters. The van der Waals surface area contributed by atoms with E-state index in [2.05, 4.69) is 0 Å². The Kier molecular flexibility index (Phi) is 4.26. The molecular weight excluding hydrogens is 342 g/mol. The van der Waals surface area contributed by atoms with Gasteiger partial charge in [-0.25, -0.2) is 8.42 Å². The number of nitro groups is 1. The van der Waals surface area contributed by atoms with Gasteiger partial charge in [-0.2, -0.15) is 0 Å². The third-order valence-corrected chi connectivity index (χ3v) is 6.29. The Bertz CT molecular complexity index is 956. The summed E-state index contributed by atoms with van der Waals surface area (Å²) < 4.78 is 27.7. The molecule has 1 aliphatic heterocycles.